The largest absolute Gasteiger partial charge is 0.493 e. The molecule has 1 atom stereocenters. The van der Waals surface area contributed by atoms with Gasteiger partial charge in [0.05, 0.1) is 20.0 Å². The Hall–Kier alpha value is -2.19. The van der Waals surface area contributed by atoms with E-state index in [1.165, 1.54) is 16.6 Å². The van der Waals surface area contributed by atoms with E-state index in [1.54, 1.807) is 44.6 Å². The second-order valence-electron chi connectivity index (χ2n) is 5.61. The molecule has 0 aliphatic rings. The summed E-state index contributed by atoms with van der Waals surface area (Å²) in [6, 6.07) is 9.39. The van der Waals surface area contributed by atoms with Gasteiger partial charge in [-0.3, -0.25) is 9.59 Å². The quantitative estimate of drug-likeness (QED) is 0.607. The van der Waals surface area contributed by atoms with Crippen molar-refractivity contribution < 1.29 is 23.8 Å². The van der Waals surface area contributed by atoms with Crippen molar-refractivity contribution in [1.82, 2.24) is 5.32 Å². The highest BCUT2D eigenvalue weighted by Gasteiger charge is 2.17. The lowest BCUT2D eigenvalue weighted by atomic mass is 10.2. The van der Waals surface area contributed by atoms with Crippen molar-refractivity contribution in [3.63, 3.8) is 0 Å². The minimum atomic E-state index is -0.847. The Morgan fingerprint density at radius 2 is 1.96 bits per heavy atom. The van der Waals surface area contributed by atoms with Crippen LogP contribution in [0.5, 0.6) is 11.5 Å². The number of carbonyl (C=O) groups is 2. The lowest BCUT2D eigenvalue weighted by Crippen LogP contribution is -2.35. The summed E-state index contributed by atoms with van der Waals surface area (Å²) in [7, 11) is 3.12. The zero-order chi connectivity index (χ0) is 19.6. The minimum Gasteiger partial charge on any atom is -0.493 e. The Bertz CT molecular complexity index is 749. The number of benzene rings is 1. The number of esters is 1. The molecule has 1 aromatic heterocycles. The maximum Gasteiger partial charge on any atom is 0.316 e. The summed E-state index contributed by atoms with van der Waals surface area (Å²) in [5.74, 6) is 1.44. The van der Waals surface area contributed by atoms with Gasteiger partial charge < -0.3 is 19.5 Å². The molecule has 0 bridgehead atoms. The van der Waals surface area contributed by atoms with E-state index in [1.807, 2.05) is 23.6 Å². The van der Waals surface area contributed by atoms with Crippen LogP contribution in [0.15, 0.2) is 35.7 Å². The Labute approximate surface area is 167 Å². The molecule has 0 fully saturated rings. The molecule has 1 N–H and O–H groups in total. The molecular weight excluding hydrogens is 386 g/mol. The number of ether oxygens (including phenoxy) is 3. The zero-order valence-corrected chi connectivity index (χ0v) is 17.2. The highest BCUT2D eigenvalue weighted by atomic mass is 32.2. The molecular formula is C19H23NO5S2. The van der Waals surface area contributed by atoms with Crippen LogP contribution in [-0.4, -0.2) is 38.0 Å². The molecule has 0 radical (unpaired) electrons. The average molecular weight is 410 g/mol. The maximum absolute atomic E-state index is 12.1. The standard InChI is InChI=1S/C19H23NO5S2/c1-13(25-18(21)12-26-11-15-5-4-8-27-15)19(22)20-10-14-6-7-16(23-2)17(9-14)24-3/h4-9,13H,10-12H2,1-3H3,(H,20,22)/t13-/m1/s1. The molecule has 1 aromatic carbocycles. The van der Waals surface area contributed by atoms with Gasteiger partial charge in [0.25, 0.3) is 5.91 Å². The molecule has 0 saturated carbocycles. The second kappa shape index (κ2) is 10.8. The van der Waals surface area contributed by atoms with E-state index in [0.29, 0.717) is 18.0 Å². The number of hydrogen-bond donors (Lipinski definition) is 1. The summed E-state index contributed by atoms with van der Waals surface area (Å²) in [4.78, 5) is 25.2. The first-order chi connectivity index (χ1) is 13.0. The lowest BCUT2D eigenvalue weighted by Gasteiger charge is -2.14. The van der Waals surface area contributed by atoms with Crippen LogP contribution in [0.4, 0.5) is 0 Å². The predicted octanol–water partition coefficient (Wildman–Crippen LogP) is 3.25. The fourth-order valence-corrected chi connectivity index (χ4v) is 3.88. The van der Waals surface area contributed by atoms with E-state index in [-0.39, 0.29) is 11.7 Å². The Balaban J connectivity index is 1.73. The number of hydrogen-bond acceptors (Lipinski definition) is 7. The molecule has 6 nitrogen and oxygen atoms in total. The third-order valence-electron chi connectivity index (χ3n) is 3.64. The van der Waals surface area contributed by atoms with Crippen molar-refractivity contribution in [3.05, 3.63) is 46.2 Å². The molecule has 0 unspecified atom stereocenters. The molecule has 1 heterocycles. The van der Waals surface area contributed by atoms with Crippen LogP contribution in [0.25, 0.3) is 0 Å². The van der Waals surface area contributed by atoms with Crippen molar-refractivity contribution in [1.29, 1.82) is 0 Å². The summed E-state index contributed by atoms with van der Waals surface area (Å²) < 4.78 is 15.6. The molecule has 146 valence electrons. The topological polar surface area (TPSA) is 73.9 Å². The van der Waals surface area contributed by atoms with Crippen molar-refractivity contribution >= 4 is 35.0 Å². The molecule has 8 heteroatoms. The summed E-state index contributed by atoms with van der Waals surface area (Å²) >= 11 is 3.12. The predicted molar refractivity (Wildman–Crippen MR) is 107 cm³/mol. The van der Waals surface area contributed by atoms with Gasteiger partial charge in [0, 0.05) is 17.2 Å². The van der Waals surface area contributed by atoms with Crippen molar-refractivity contribution in [3.8, 4) is 11.5 Å². The summed E-state index contributed by atoms with van der Waals surface area (Å²) in [6.45, 7) is 1.86. The van der Waals surface area contributed by atoms with E-state index in [9.17, 15) is 9.59 Å². The van der Waals surface area contributed by atoms with Crippen LogP contribution in [0.2, 0.25) is 0 Å². The molecule has 0 saturated heterocycles. The summed E-state index contributed by atoms with van der Waals surface area (Å²) in [6.07, 6.45) is -0.847. The fourth-order valence-electron chi connectivity index (χ4n) is 2.24. The Kier molecular flexibility index (Phi) is 8.47. The first-order valence-corrected chi connectivity index (χ1v) is 10.3. The number of carbonyl (C=O) groups excluding carboxylic acids is 2. The van der Waals surface area contributed by atoms with Crippen LogP contribution in [-0.2, 0) is 26.6 Å². The fraction of sp³-hybridized carbons (Fsp3) is 0.368. The zero-order valence-electron chi connectivity index (χ0n) is 15.5. The maximum atomic E-state index is 12.1. The third kappa shape index (κ3) is 6.80. The average Bonchev–Trinajstić information content (AvgIpc) is 3.19. The highest BCUT2D eigenvalue weighted by molar-refractivity contribution is 7.99. The van der Waals surface area contributed by atoms with Gasteiger partial charge in [-0.05, 0) is 36.1 Å². The molecule has 0 spiro atoms. The van der Waals surface area contributed by atoms with Gasteiger partial charge >= 0.3 is 5.97 Å². The molecule has 27 heavy (non-hydrogen) atoms. The van der Waals surface area contributed by atoms with E-state index in [0.717, 1.165) is 11.3 Å². The molecule has 0 aliphatic carbocycles. The molecule has 2 rings (SSSR count). The van der Waals surface area contributed by atoms with Gasteiger partial charge in [-0.15, -0.1) is 23.1 Å². The van der Waals surface area contributed by atoms with Gasteiger partial charge in [0.2, 0.25) is 0 Å². The SMILES string of the molecule is COc1ccc(CNC(=O)[C@@H](C)OC(=O)CSCc2cccs2)cc1OC. The number of nitrogens with one attached hydrogen (secondary N) is 1. The van der Waals surface area contributed by atoms with Gasteiger partial charge in [0.1, 0.15) is 0 Å². The molecule has 2 aromatic rings. The van der Waals surface area contributed by atoms with Gasteiger partial charge in [0.15, 0.2) is 17.6 Å². The summed E-state index contributed by atoms with van der Waals surface area (Å²) in [5, 5.41) is 4.75. The monoisotopic (exact) mass is 409 g/mol. The smallest absolute Gasteiger partial charge is 0.316 e. The normalized spacial score (nSPS) is 11.5. The molecule has 0 aliphatic heterocycles. The highest BCUT2D eigenvalue weighted by Crippen LogP contribution is 2.27. The van der Waals surface area contributed by atoms with Gasteiger partial charge in [-0.25, -0.2) is 0 Å². The van der Waals surface area contributed by atoms with E-state index in [2.05, 4.69) is 5.32 Å². The number of thiophene rings is 1. The third-order valence-corrected chi connectivity index (χ3v) is 5.65. The summed E-state index contributed by atoms with van der Waals surface area (Å²) in [5.41, 5.74) is 0.853. The number of rotatable bonds is 10. The Morgan fingerprint density at radius 3 is 2.63 bits per heavy atom. The van der Waals surface area contributed by atoms with Crippen LogP contribution in [0.1, 0.15) is 17.4 Å². The van der Waals surface area contributed by atoms with Crippen LogP contribution in [0, 0.1) is 0 Å². The minimum absolute atomic E-state index is 0.213. The number of amides is 1. The van der Waals surface area contributed by atoms with E-state index < -0.39 is 12.1 Å². The van der Waals surface area contributed by atoms with E-state index in [4.69, 9.17) is 14.2 Å². The first kappa shape index (κ1) is 21.1. The lowest BCUT2D eigenvalue weighted by molar-refractivity contribution is -0.152. The van der Waals surface area contributed by atoms with Gasteiger partial charge in [-0.1, -0.05) is 12.1 Å². The molecule has 1 amide bonds. The van der Waals surface area contributed by atoms with E-state index >= 15 is 0 Å². The van der Waals surface area contributed by atoms with Crippen LogP contribution >= 0.6 is 23.1 Å². The van der Waals surface area contributed by atoms with Crippen molar-refractivity contribution in [2.75, 3.05) is 20.0 Å². The van der Waals surface area contributed by atoms with Crippen molar-refractivity contribution in [2.24, 2.45) is 0 Å². The van der Waals surface area contributed by atoms with Gasteiger partial charge in [-0.2, -0.15) is 0 Å². The Morgan fingerprint density at radius 1 is 1.19 bits per heavy atom. The number of methoxy groups -OCH3 is 2. The number of thioether (sulfide) groups is 1. The van der Waals surface area contributed by atoms with Crippen molar-refractivity contribution in [2.45, 2.75) is 25.3 Å². The second-order valence-corrected chi connectivity index (χ2v) is 7.63. The van der Waals surface area contributed by atoms with Crippen LogP contribution < -0.4 is 14.8 Å². The first-order valence-electron chi connectivity index (χ1n) is 8.31. The van der Waals surface area contributed by atoms with Crippen LogP contribution in [0.3, 0.4) is 0 Å².